The largest absolute Gasteiger partial charge is 0.358 e. The summed E-state index contributed by atoms with van der Waals surface area (Å²) in [4.78, 5) is 15.8. The van der Waals surface area contributed by atoms with E-state index in [-0.39, 0.29) is 5.91 Å². The number of aryl methyl sites for hydroxylation is 1. The van der Waals surface area contributed by atoms with Crippen LogP contribution in [0.5, 0.6) is 0 Å². The van der Waals surface area contributed by atoms with E-state index >= 15 is 0 Å². The second-order valence-electron chi connectivity index (χ2n) is 5.82. The summed E-state index contributed by atoms with van der Waals surface area (Å²) < 4.78 is 1.01. The molecule has 1 aliphatic heterocycles. The van der Waals surface area contributed by atoms with Crippen molar-refractivity contribution in [3.8, 4) is 0 Å². The maximum Gasteiger partial charge on any atom is 0.256 e. The second-order valence-corrected chi connectivity index (χ2v) is 6.67. The number of hydrogen-bond acceptors (Lipinski definition) is 1. The molecule has 3 nitrogen and oxygen atoms in total. The lowest BCUT2D eigenvalue weighted by atomic mass is 9.98. The minimum absolute atomic E-state index is 0.0501. The van der Waals surface area contributed by atoms with Crippen molar-refractivity contribution in [3.63, 3.8) is 0 Å². The lowest BCUT2D eigenvalue weighted by molar-refractivity contribution is -0.110. The Morgan fingerprint density at radius 2 is 1.87 bits per heavy atom. The van der Waals surface area contributed by atoms with Gasteiger partial charge in [-0.15, -0.1) is 0 Å². The van der Waals surface area contributed by atoms with Crippen LogP contribution < -0.4 is 5.32 Å². The summed E-state index contributed by atoms with van der Waals surface area (Å²) in [6, 6.07) is 12.1. The van der Waals surface area contributed by atoms with E-state index in [0.717, 1.165) is 43.4 Å². The van der Waals surface area contributed by atoms with Crippen molar-refractivity contribution >= 4 is 50.1 Å². The Morgan fingerprint density at radius 3 is 2.70 bits per heavy atom. The van der Waals surface area contributed by atoms with Gasteiger partial charge >= 0.3 is 0 Å². The fourth-order valence-corrected chi connectivity index (χ4v) is 3.54. The molecular weight excluding hydrogens is 352 g/mol. The molecule has 4 rings (SSSR count). The fraction of sp³-hybridized carbons (Fsp3) is 0.105. The molecule has 2 heterocycles. The number of para-hydroxylation sites is 1. The van der Waals surface area contributed by atoms with Crippen LogP contribution in [0.1, 0.15) is 22.4 Å². The molecule has 3 aromatic rings. The van der Waals surface area contributed by atoms with Crippen LogP contribution in [-0.2, 0) is 4.79 Å². The van der Waals surface area contributed by atoms with Gasteiger partial charge in [0.15, 0.2) is 0 Å². The summed E-state index contributed by atoms with van der Waals surface area (Å²) in [6.45, 7) is 4.06. The van der Waals surface area contributed by atoms with Crippen LogP contribution in [0.2, 0.25) is 0 Å². The molecule has 2 aromatic carbocycles. The first-order valence-electron chi connectivity index (χ1n) is 7.46. The van der Waals surface area contributed by atoms with Crippen molar-refractivity contribution in [2.45, 2.75) is 13.8 Å². The molecule has 0 aliphatic carbocycles. The molecule has 0 atom stereocenters. The van der Waals surface area contributed by atoms with Crippen LogP contribution in [-0.4, -0.2) is 10.9 Å². The van der Waals surface area contributed by atoms with E-state index in [9.17, 15) is 4.79 Å². The molecule has 0 spiro atoms. The molecule has 4 heteroatoms. The Labute approximate surface area is 142 Å². The Bertz CT molecular complexity index is 998. The molecule has 1 amide bonds. The molecule has 1 aromatic heterocycles. The van der Waals surface area contributed by atoms with Crippen LogP contribution in [0.4, 0.5) is 5.69 Å². The smallest absolute Gasteiger partial charge is 0.256 e. The Balaban J connectivity index is 1.98. The number of aromatic amines is 1. The van der Waals surface area contributed by atoms with E-state index < -0.39 is 0 Å². The monoisotopic (exact) mass is 366 g/mol. The maximum absolute atomic E-state index is 12.5. The summed E-state index contributed by atoms with van der Waals surface area (Å²) >= 11 is 3.56. The number of hydrogen-bond donors (Lipinski definition) is 2. The number of carbonyl (C=O) groups excluding carboxylic acids is 1. The van der Waals surface area contributed by atoms with Crippen molar-refractivity contribution in [1.29, 1.82) is 0 Å². The van der Waals surface area contributed by atoms with Crippen molar-refractivity contribution in [1.82, 2.24) is 4.98 Å². The summed E-state index contributed by atoms with van der Waals surface area (Å²) in [5.41, 5.74) is 6.86. The SMILES string of the molecule is Cc1[nH]c2ccccc2c1C=C1C(=O)Nc2ccc(Br)c(C)c21. The number of halogens is 1. The Morgan fingerprint density at radius 1 is 1.09 bits per heavy atom. The first-order chi connectivity index (χ1) is 11.1. The van der Waals surface area contributed by atoms with E-state index in [2.05, 4.69) is 38.4 Å². The molecular formula is C19H15BrN2O. The van der Waals surface area contributed by atoms with E-state index in [1.54, 1.807) is 0 Å². The number of H-pyrrole nitrogens is 1. The number of fused-ring (bicyclic) bond motifs is 2. The van der Waals surface area contributed by atoms with Crippen molar-refractivity contribution < 1.29 is 4.79 Å². The highest BCUT2D eigenvalue weighted by molar-refractivity contribution is 9.10. The van der Waals surface area contributed by atoms with Gasteiger partial charge in [-0.1, -0.05) is 34.1 Å². The number of benzene rings is 2. The van der Waals surface area contributed by atoms with E-state index in [0.29, 0.717) is 5.57 Å². The minimum Gasteiger partial charge on any atom is -0.358 e. The van der Waals surface area contributed by atoms with E-state index in [4.69, 9.17) is 0 Å². The number of rotatable bonds is 1. The molecule has 1 aliphatic rings. The van der Waals surface area contributed by atoms with Crippen LogP contribution in [0.3, 0.4) is 0 Å². The molecule has 0 saturated carbocycles. The average Bonchev–Trinajstić information content (AvgIpc) is 3.02. The van der Waals surface area contributed by atoms with Gasteiger partial charge < -0.3 is 10.3 Å². The van der Waals surface area contributed by atoms with Crippen molar-refractivity contribution in [2.75, 3.05) is 5.32 Å². The molecule has 23 heavy (non-hydrogen) atoms. The van der Waals surface area contributed by atoms with Gasteiger partial charge in [0, 0.05) is 43.5 Å². The van der Waals surface area contributed by atoms with E-state index in [1.807, 2.05) is 44.2 Å². The Hall–Kier alpha value is -2.33. The quantitative estimate of drug-likeness (QED) is 0.582. The van der Waals surface area contributed by atoms with Gasteiger partial charge in [0.2, 0.25) is 0 Å². The van der Waals surface area contributed by atoms with Crippen LogP contribution in [0.15, 0.2) is 40.9 Å². The zero-order valence-corrected chi connectivity index (χ0v) is 14.4. The molecule has 0 fully saturated rings. The number of anilines is 1. The molecule has 0 bridgehead atoms. The first kappa shape index (κ1) is 14.3. The van der Waals surface area contributed by atoms with Gasteiger partial charge in [-0.2, -0.15) is 0 Å². The third-order valence-electron chi connectivity index (χ3n) is 4.39. The van der Waals surface area contributed by atoms with Crippen LogP contribution in [0.25, 0.3) is 22.6 Å². The van der Waals surface area contributed by atoms with Crippen molar-refractivity contribution in [2.24, 2.45) is 0 Å². The molecule has 114 valence electrons. The topological polar surface area (TPSA) is 44.9 Å². The predicted molar refractivity (Wildman–Crippen MR) is 98.4 cm³/mol. The van der Waals surface area contributed by atoms with Gasteiger partial charge in [-0.25, -0.2) is 0 Å². The number of aromatic nitrogens is 1. The number of amides is 1. The lowest BCUT2D eigenvalue weighted by Gasteiger charge is -2.06. The Kier molecular flexibility index (Phi) is 3.16. The highest BCUT2D eigenvalue weighted by atomic mass is 79.9. The summed E-state index contributed by atoms with van der Waals surface area (Å²) in [7, 11) is 0. The summed E-state index contributed by atoms with van der Waals surface area (Å²) in [5.74, 6) is -0.0501. The van der Waals surface area contributed by atoms with Crippen LogP contribution in [0, 0.1) is 13.8 Å². The fourth-order valence-electron chi connectivity index (χ4n) is 3.21. The average molecular weight is 367 g/mol. The second kappa shape index (κ2) is 5.10. The summed E-state index contributed by atoms with van der Waals surface area (Å²) in [6.07, 6.45) is 1.99. The number of nitrogens with one attached hydrogen (secondary N) is 2. The van der Waals surface area contributed by atoms with Gasteiger partial charge in [0.25, 0.3) is 5.91 Å². The molecule has 0 unspecified atom stereocenters. The van der Waals surface area contributed by atoms with Gasteiger partial charge in [0.1, 0.15) is 0 Å². The zero-order valence-electron chi connectivity index (χ0n) is 12.8. The summed E-state index contributed by atoms with van der Waals surface area (Å²) in [5, 5.41) is 4.09. The van der Waals surface area contributed by atoms with Gasteiger partial charge in [-0.3, -0.25) is 4.79 Å². The molecule has 0 radical (unpaired) electrons. The molecule has 0 saturated heterocycles. The standard InChI is InChI=1S/C19H15BrN2O/c1-10-15(20)7-8-17-18(10)14(19(23)22-17)9-13-11(2)21-16-6-4-3-5-12(13)16/h3-9,21H,1-2H3,(H,22,23). The highest BCUT2D eigenvalue weighted by Crippen LogP contribution is 2.39. The van der Waals surface area contributed by atoms with Crippen molar-refractivity contribution in [3.05, 3.63) is 63.3 Å². The minimum atomic E-state index is -0.0501. The lowest BCUT2D eigenvalue weighted by Crippen LogP contribution is -2.03. The highest BCUT2D eigenvalue weighted by Gasteiger charge is 2.27. The molecule has 2 N–H and O–H groups in total. The third-order valence-corrected chi connectivity index (χ3v) is 5.25. The van der Waals surface area contributed by atoms with Gasteiger partial charge in [0.05, 0.1) is 0 Å². The van der Waals surface area contributed by atoms with E-state index in [1.165, 1.54) is 0 Å². The van der Waals surface area contributed by atoms with Gasteiger partial charge in [-0.05, 0) is 43.7 Å². The normalized spacial score (nSPS) is 15.3. The predicted octanol–water partition coefficient (Wildman–Crippen LogP) is 5.04. The number of carbonyl (C=O) groups is 1. The van der Waals surface area contributed by atoms with Crippen LogP contribution >= 0.6 is 15.9 Å². The zero-order chi connectivity index (χ0) is 16.1. The third kappa shape index (κ3) is 2.13. The maximum atomic E-state index is 12.5. The first-order valence-corrected chi connectivity index (χ1v) is 8.25.